The Morgan fingerprint density at radius 3 is 2.35 bits per heavy atom. The Morgan fingerprint density at radius 1 is 1.10 bits per heavy atom. The van der Waals surface area contributed by atoms with E-state index >= 15 is 0 Å². The summed E-state index contributed by atoms with van der Waals surface area (Å²) >= 11 is 7.60. The zero-order chi connectivity index (χ0) is 22.5. The molecule has 0 spiro atoms. The van der Waals surface area contributed by atoms with Crippen LogP contribution in [-0.4, -0.2) is 35.6 Å². The van der Waals surface area contributed by atoms with Crippen molar-refractivity contribution < 1.29 is 9.53 Å². The fourth-order valence-electron chi connectivity index (χ4n) is 3.62. The van der Waals surface area contributed by atoms with Crippen LogP contribution in [0.5, 0.6) is 0 Å². The summed E-state index contributed by atoms with van der Waals surface area (Å²) in [5.41, 5.74) is 2.00. The molecule has 0 radical (unpaired) electrons. The van der Waals surface area contributed by atoms with Crippen LogP contribution in [0.15, 0.2) is 30.3 Å². The molecule has 0 unspecified atom stereocenters. The van der Waals surface area contributed by atoms with E-state index in [1.54, 1.807) is 0 Å². The fourth-order valence-corrected chi connectivity index (χ4v) is 4.90. The van der Waals surface area contributed by atoms with Crippen LogP contribution >= 0.6 is 22.9 Å². The number of fused-ring (bicyclic) bond motifs is 1. The van der Waals surface area contributed by atoms with Crippen molar-refractivity contribution in [3.05, 3.63) is 51.6 Å². The number of aromatic nitrogens is 2. The molecular formula is C24H30ClN3O2S. The van der Waals surface area contributed by atoms with Crippen LogP contribution in [-0.2, 0) is 11.2 Å². The molecule has 0 atom stereocenters. The number of hydrogen-bond donors (Lipinski definition) is 0. The SMILES string of the molecule is Cc1c(C(=O)OCCc2ccccc2)sc2nc(Cl)nc(N(CC(C)C)CC(C)C)c12. The topological polar surface area (TPSA) is 55.3 Å². The molecule has 0 aliphatic heterocycles. The summed E-state index contributed by atoms with van der Waals surface area (Å²) in [5.74, 6) is 1.40. The second-order valence-electron chi connectivity index (χ2n) is 8.62. The van der Waals surface area contributed by atoms with Gasteiger partial charge in [-0.3, -0.25) is 0 Å². The molecule has 0 saturated carbocycles. The van der Waals surface area contributed by atoms with Crippen molar-refractivity contribution in [2.24, 2.45) is 11.8 Å². The van der Waals surface area contributed by atoms with Crippen LogP contribution in [0.4, 0.5) is 5.82 Å². The number of hydrogen-bond acceptors (Lipinski definition) is 6. The number of thiophene rings is 1. The molecule has 2 heterocycles. The Labute approximate surface area is 193 Å². The third-order valence-electron chi connectivity index (χ3n) is 4.87. The van der Waals surface area contributed by atoms with Crippen molar-refractivity contribution in [3.63, 3.8) is 0 Å². The van der Waals surface area contributed by atoms with Gasteiger partial charge in [-0.05, 0) is 41.5 Å². The predicted molar refractivity (Wildman–Crippen MR) is 129 cm³/mol. The standard InChI is InChI=1S/C24H30ClN3O2S/c1-15(2)13-28(14-16(3)4)21-19-17(5)20(31-22(19)27-24(25)26-21)23(29)30-12-11-18-9-7-6-8-10-18/h6-10,15-16H,11-14H2,1-5H3. The molecular weight excluding hydrogens is 430 g/mol. The lowest BCUT2D eigenvalue weighted by atomic mass is 10.1. The van der Waals surface area contributed by atoms with Crippen molar-refractivity contribution in [3.8, 4) is 0 Å². The van der Waals surface area contributed by atoms with Gasteiger partial charge in [0.25, 0.3) is 0 Å². The maximum absolute atomic E-state index is 12.8. The fraction of sp³-hybridized carbons (Fsp3) is 0.458. The highest BCUT2D eigenvalue weighted by Gasteiger charge is 2.24. The first-order valence-electron chi connectivity index (χ1n) is 10.7. The number of rotatable bonds is 9. The second-order valence-corrected chi connectivity index (χ2v) is 9.95. The van der Waals surface area contributed by atoms with E-state index in [4.69, 9.17) is 16.3 Å². The van der Waals surface area contributed by atoms with E-state index in [1.807, 2.05) is 37.3 Å². The van der Waals surface area contributed by atoms with Gasteiger partial charge in [0.05, 0.1) is 12.0 Å². The van der Waals surface area contributed by atoms with Gasteiger partial charge in [-0.2, -0.15) is 4.98 Å². The minimum atomic E-state index is -0.322. The summed E-state index contributed by atoms with van der Waals surface area (Å²) in [6.45, 7) is 12.7. The summed E-state index contributed by atoms with van der Waals surface area (Å²) in [6, 6.07) is 10.00. The maximum atomic E-state index is 12.8. The highest BCUT2D eigenvalue weighted by molar-refractivity contribution is 7.20. The van der Waals surface area contributed by atoms with Gasteiger partial charge in [0.2, 0.25) is 5.28 Å². The van der Waals surface area contributed by atoms with Crippen LogP contribution in [0.25, 0.3) is 10.2 Å². The maximum Gasteiger partial charge on any atom is 0.348 e. The molecule has 3 aromatic rings. The summed E-state index contributed by atoms with van der Waals surface area (Å²) in [7, 11) is 0. The first-order valence-corrected chi connectivity index (χ1v) is 11.9. The molecule has 3 rings (SSSR count). The molecule has 7 heteroatoms. The van der Waals surface area contributed by atoms with Crippen LogP contribution in [0, 0.1) is 18.8 Å². The molecule has 0 aliphatic rings. The second kappa shape index (κ2) is 10.4. The number of nitrogens with zero attached hydrogens (tertiary/aromatic N) is 3. The smallest absolute Gasteiger partial charge is 0.348 e. The number of ether oxygens (including phenoxy) is 1. The molecule has 0 N–H and O–H groups in total. The Kier molecular flexibility index (Phi) is 7.89. The van der Waals surface area contributed by atoms with Crippen LogP contribution < -0.4 is 4.90 Å². The van der Waals surface area contributed by atoms with Gasteiger partial charge in [-0.15, -0.1) is 11.3 Å². The van der Waals surface area contributed by atoms with Gasteiger partial charge in [0, 0.05) is 19.5 Å². The normalized spacial score (nSPS) is 11.5. The van der Waals surface area contributed by atoms with E-state index in [0.29, 0.717) is 29.7 Å². The zero-order valence-electron chi connectivity index (χ0n) is 18.8. The van der Waals surface area contributed by atoms with Crippen molar-refractivity contribution in [2.75, 3.05) is 24.6 Å². The average molecular weight is 460 g/mol. The quantitative estimate of drug-likeness (QED) is 0.283. The zero-order valence-corrected chi connectivity index (χ0v) is 20.4. The van der Waals surface area contributed by atoms with E-state index in [0.717, 1.165) is 40.3 Å². The molecule has 0 saturated heterocycles. The Bertz CT molecular complexity index is 1020. The number of carbonyl (C=O) groups is 1. The highest BCUT2D eigenvalue weighted by Crippen LogP contribution is 2.37. The van der Waals surface area contributed by atoms with Crippen molar-refractivity contribution >= 4 is 44.9 Å². The summed E-state index contributed by atoms with van der Waals surface area (Å²) in [6.07, 6.45) is 0.684. The molecule has 31 heavy (non-hydrogen) atoms. The van der Waals surface area contributed by atoms with Gasteiger partial charge in [0.1, 0.15) is 15.5 Å². The van der Waals surface area contributed by atoms with E-state index in [2.05, 4.69) is 42.6 Å². The molecule has 0 aliphatic carbocycles. The van der Waals surface area contributed by atoms with Gasteiger partial charge in [0.15, 0.2) is 0 Å². The molecule has 0 bridgehead atoms. The number of benzene rings is 1. The third kappa shape index (κ3) is 5.95. The Morgan fingerprint density at radius 2 is 1.74 bits per heavy atom. The van der Waals surface area contributed by atoms with E-state index in [-0.39, 0.29) is 11.3 Å². The molecule has 5 nitrogen and oxygen atoms in total. The number of anilines is 1. The highest BCUT2D eigenvalue weighted by atomic mass is 35.5. The Hall–Kier alpha value is -2.18. The largest absolute Gasteiger partial charge is 0.461 e. The predicted octanol–water partition coefficient (Wildman–Crippen LogP) is 6.17. The van der Waals surface area contributed by atoms with Crippen LogP contribution in [0.2, 0.25) is 5.28 Å². The molecule has 2 aromatic heterocycles. The third-order valence-corrected chi connectivity index (χ3v) is 6.20. The van der Waals surface area contributed by atoms with Gasteiger partial charge >= 0.3 is 5.97 Å². The minimum Gasteiger partial charge on any atom is -0.461 e. The van der Waals surface area contributed by atoms with Crippen molar-refractivity contribution in [2.45, 2.75) is 41.0 Å². The molecule has 1 aromatic carbocycles. The number of aryl methyl sites for hydroxylation is 1. The number of halogens is 1. The molecule has 0 amide bonds. The summed E-state index contributed by atoms with van der Waals surface area (Å²) in [4.78, 5) is 25.4. The van der Waals surface area contributed by atoms with Gasteiger partial charge in [-0.25, -0.2) is 9.78 Å². The minimum absolute atomic E-state index is 0.199. The van der Waals surface area contributed by atoms with Crippen LogP contribution in [0.3, 0.4) is 0 Å². The van der Waals surface area contributed by atoms with Crippen molar-refractivity contribution in [1.29, 1.82) is 0 Å². The lowest BCUT2D eigenvalue weighted by Gasteiger charge is -2.28. The average Bonchev–Trinajstić information content (AvgIpc) is 3.03. The lowest BCUT2D eigenvalue weighted by Crippen LogP contribution is -2.32. The summed E-state index contributed by atoms with van der Waals surface area (Å²) in [5, 5.41) is 1.09. The Balaban J connectivity index is 1.89. The van der Waals surface area contributed by atoms with E-state index in [9.17, 15) is 4.79 Å². The van der Waals surface area contributed by atoms with Gasteiger partial charge < -0.3 is 9.64 Å². The lowest BCUT2D eigenvalue weighted by molar-refractivity contribution is 0.0514. The first-order chi connectivity index (χ1) is 14.8. The number of esters is 1. The summed E-state index contributed by atoms with van der Waals surface area (Å²) < 4.78 is 5.58. The number of carbonyl (C=O) groups excluding carboxylic acids is 1. The monoisotopic (exact) mass is 459 g/mol. The molecule has 0 fully saturated rings. The van der Waals surface area contributed by atoms with Crippen LogP contribution in [0.1, 0.15) is 48.5 Å². The van der Waals surface area contributed by atoms with E-state index < -0.39 is 0 Å². The first kappa shape index (κ1) is 23.5. The van der Waals surface area contributed by atoms with E-state index in [1.165, 1.54) is 11.3 Å². The van der Waals surface area contributed by atoms with Gasteiger partial charge in [-0.1, -0.05) is 58.0 Å². The molecule has 166 valence electrons. The van der Waals surface area contributed by atoms with Crippen molar-refractivity contribution in [1.82, 2.24) is 9.97 Å².